The van der Waals surface area contributed by atoms with Crippen LogP contribution in [0, 0.1) is 0 Å². The van der Waals surface area contributed by atoms with Crippen molar-refractivity contribution in [3.05, 3.63) is 59.7 Å². The van der Waals surface area contributed by atoms with Crippen molar-refractivity contribution in [2.24, 2.45) is 0 Å². The molecule has 0 atom stereocenters. The predicted molar refractivity (Wildman–Crippen MR) is 83.8 cm³/mol. The first-order chi connectivity index (χ1) is 10.2. The molecule has 0 radical (unpaired) electrons. The van der Waals surface area contributed by atoms with Crippen LogP contribution in [-0.2, 0) is 0 Å². The summed E-state index contributed by atoms with van der Waals surface area (Å²) in [6.07, 6.45) is 0. The van der Waals surface area contributed by atoms with Gasteiger partial charge in [0.25, 0.3) is 11.8 Å². The molecule has 2 rings (SSSR count). The highest BCUT2D eigenvalue weighted by atomic mass is 16.2. The number of hydrogen-bond donors (Lipinski definition) is 3. The first-order valence-corrected chi connectivity index (χ1v) is 6.56. The number of para-hydroxylation sites is 1. The summed E-state index contributed by atoms with van der Waals surface area (Å²) in [5.41, 5.74) is 2.51. The summed E-state index contributed by atoms with van der Waals surface area (Å²) in [6.45, 7) is 0. The van der Waals surface area contributed by atoms with Gasteiger partial charge in [0, 0.05) is 31.0 Å². The zero-order valence-corrected chi connectivity index (χ0v) is 11.9. The minimum Gasteiger partial charge on any atom is -0.387 e. The summed E-state index contributed by atoms with van der Waals surface area (Å²) >= 11 is 0. The van der Waals surface area contributed by atoms with Crippen LogP contribution in [0.1, 0.15) is 20.7 Å². The minimum absolute atomic E-state index is 0.159. The van der Waals surface area contributed by atoms with Gasteiger partial charge in [0.2, 0.25) is 0 Å². The van der Waals surface area contributed by atoms with E-state index in [0.29, 0.717) is 16.8 Å². The molecule has 2 aromatic rings. The third-order valence-corrected chi connectivity index (χ3v) is 3.07. The Bertz CT molecular complexity index is 651. The zero-order chi connectivity index (χ0) is 15.2. The molecular formula is C16H17N3O2. The van der Waals surface area contributed by atoms with Crippen LogP contribution in [0.4, 0.5) is 11.4 Å². The van der Waals surface area contributed by atoms with Gasteiger partial charge in [0.15, 0.2) is 0 Å². The van der Waals surface area contributed by atoms with Crippen molar-refractivity contribution < 1.29 is 9.59 Å². The highest BCUT2D eigenvalue weighted by Gasteiger charge is 2.10. The lowest BCUT2D eigenvalue weighted by Gasteiger charge is -2.10. The minimum atomic E-state index is -0.201. The fraction of sp³-hybridized carbons (Fsp3) is 0.125. The second-order valence-corrected chi connectivity index (χ2v) is 4.41. The fourth-order valence-corrected chi connectivity index (χ4v) is 1.95. The van der Waals surface area contributed by atoms with E-state index < -0.39 is 0 Å². The average Bonchev–Trinajstić information content (AvgIpc) is 2.54. The lowest BCUT2D eigenvalue weighted by Crippen LogP contribution is -2.18. The van der Waals surface area contributed by atoms with Gasteiger partial charge >= 0.3 is 0 Å². The van der Waals surface area contributed by atoms with E-state index in [9.17, 15) is 9.59 Å². The summed E-state index contributed by atoms with van der Waals surface area (Å²) in [4.78, 5) is 23.7. The molecule has 0 aliphatic carbocycles. The van der Waals surface area contributed by atoms with Crippen molar-refractivity contribution in [1.82, 2.24) is 5.32 Å². The number of amides is 2. The molecule has 0 heterocycles. The summed E-state index contributed by atoms with van der Waals surface area (Å²) in [5.74, 6) is -0.360. The molecule has 108 valence electrons. The second-order valence-electron chi connectivity index (χ2n) is 4.41. The highest BCUT2D eigenvalue weighted by molar-refractivity contribution is 6.08. The number of anilines is 2. The molecule has 21 heavy (non-hydrogen) atoms. The summed E-state index contributed by atoms with van der Waals surface area (Å²) in [5, 5.41) is 8.33. The first kappa shape index (κ1) is 14.6. The topological polar surface area (TPSA) is 70.2 Å². The van der Waals surface area contributed by atoms with E-state index in [1.54, 1.807) is 44.4 Å². The first-order valence-electron chi connectivity index (χ1n) is 6.56. The van der Waals surface area contributed by atoms with E-state index in [0.717, 1.165) is 5.69 Å². The van der Waals surface area contributed by atoms with Crippen LogP contribution in [0.15, 0.2) is 48.5 Å². The Hall–Kier alpha value is -2.82. The standard InChI is InChI=1S/C16H17N3O2/c1-17-14-6-4-3-5-13(14)16(21)19-12-9-7-11(8-10-12)15(20)18-2/h3-10,17H,1-2H3,(H,18,20)(H,19,21). The van der Waals surface area contributed by atoms with Gasteiger partial charge in [0.1, 0.15) is 0 Å². The quantitative estimate of drug-likeness (QED) is 0.806. The van der Waals surface area contributed by atoms with Crippen LogP contribution >= 0.6 is 0 Å². The third kappa shape index (κ3) is 3.39. The molecule has 0 spiro atoms. The molecule has 5 nitrogen and oxygen atoms in total. The third-order valence-electron chi connectivity index (χ3n) is 3.07. The van der Waals surface area contributed by atoms with E-state index >= 15 is 0 Å². The molecule has 0 aliphatic heterocycles. The van der Waals surface area contributed by atoms with Crippen molar-refractivity contribution in [3.63, 3.8) is 0 Å². The Morgan fingerprint density at radius 1 is 0.857 bits per heavy atom. The Morgan fingerprint density at radius 3 is 2.14 bits per heavy atom. The summed E-state index contributed by atoms with van der Waals surface area (Å²) in [6, 6.07) is 14.0. The van der Waals surface area contributed by atoms with Gasteiger partial charge < -0.3 is 16.0 Å². The molecule has 0 bridgehead atoms. The molecule has 2 aromatic carbocycles. The predicted octanol–water partition coefficient (Wildman–Crippen LogP) is 2.34. The molecule has 0 fully saturated rings. The van der Waals surface area contributed by atoms with Crippen LogP contribution in [0.5, 0.6) is 0 Å². The van der Waals surface area contributed by atoms with Crippen molar-refractivity contribution >= 4 is 23.2 Å². The molecule has 0 saturated carbocycles. The van der Waals surface area contributed by atoms with Crippen LogP contribution in [0.25, 0.3) is 0 Å². The van der Waals surface area contributed by atoms with E-state index in [2.05, 4.69) is 16.0 Å². The number of carbonyl (C=O) groups excluding carboxylic acids is 2. The van der Waals surface area contributed by atoms with Gasteiger partial charge in [-0.25, -0.2) is 0 Å². The number of rotatable bonds is 4. The van der Waals surface area contributed by atoms with Crippen molar-refractivity contribution in [2.45, 2.75) is 0 Å². The lowest BCUT2D eigenvalue weighted by atomic mass is 10.1. The SMILES string of the molecule is CNC(=O)c1ccc(NC(=O)c2ccccc2NC)cc1. The van der Waals surface area contributed by atoms with E-state index in [4.69, 9.17) is 0 Å². The van der Waals surface area contributed by atoms with Gasteiger partial charge in [-0.3, -0.25) is 9.59 Å². The van der Waals surface area contributed by atoms with Crippen LogP contribution < -0.4 is 16.0 Å². The largest absolute Gasteiger partial charge is 0.387 e. The Morgan fingerprint density at radius 2 is 1.52 bits per heavy atom. The zero-order valence-electron chi connectivity index (χ0n) is 11.9. The van der Waals surface area contributed by atoms with E-state index in [1.807, 2.05) is 18.2 Å². The van der Waals surface area contributed by atoms with E-state index in [-0.39, 0.29) is 11.8 Å². The molecule has 0 saturated heterocycles. The van der Waals surface area contributed by atoms with Crippen LogP contribution in [-0.4, -0.2) is 25.9 Å². The number of hydrogen-bond acceptors (Lipinski definition) is 3. The smallest absolute Gasteiger partial charge is 0.257 e. The van der Waals surface area contributed by atoms with Gasteiger partial charge in [0.05, 0.1) is 5.56 Å². The van der Waals surface area contributed by atoms with Crippen molar-refractivity contribution in [1.29, 1.82) is 0 Å². The molecule has 0 aliphatic rings. The molecule has 0 aromatic heterocycles. The molecule has 3 N–H and O–H groups in total. The molecular weight excluding hydrogens is 266 g/mol. The monoisotopic (exact) mass is 283 g/mol. The molecule has 2 amide bonds. The summed E-state index contributed by atoms with van der Waals surface area (Å²) in [7, 11) is 3.34. The number of benzene rings is 2. The average molecular weight is 283 g/mol. The van der Waals surface area contributed by atoms with Gasteiger partial charge in [-0.1, -0.05) is 12.1 Å². The summed E-state index contributed by atoms with van der Waals surface area (Å²) < 4.78 is 0. The number of nitrogens with one attached hydrogen (secondary N) is 3. The normalized spacial score (nSPS) is 9.81. The van der Waals surface area contributed by atoms with Gasteiger partial charge in [-0.2, -0.15) is 0 Å². The van der Waals surface area contributed by atoms with Gasteiger partial charge in [-0.15, -0.1) is 0 Å². The molecule has 5 heteroatoms. The fourth-order valence-electron chi connectivity index (χ4n) is 1.95. The van der Waals surface area contributed by atoms with Crippen molar-refractivity contribution in [2.75, 3.05) is 24.7 Å². The van der Waals surface area contributed by atoms with Crippen molar-refractivity contribution in [3.8, 4) is 0 Å². The van der Waals surface area contributed by atoms with E-state index in [1.165, 1.54) is 0 Å². The second kappa shape index (κ2) is 6.56. The maximum absolute atomic E-state index is 12.2. The Labute approximate surface area is 123 Å². The molecule has 0 unspecified atom stereocenters. The highest BCUT2D eigenvalue weighted by Crippen LogP contribution is 2.17. The van der Waals surface area contributed by atoms with Gasteiger partial charge in [-0.05, 0) is 36.4 Å². The maximum atomic E-state index is 12.2. The van der Waals surface area contributed by atoms with Crippen LogP contribution in [0.2, 0.25) is 0 Å². The Balaban J connectivity index is 2.14. The Kier molecular flexibility index (Phi) is 4.56. The maximum Gasteiger partial charge on any atom is 0.257 e. The lowest BCUT2D eigenvalue weighted by molar-refractivity contribution is 0.0962. The van der Waals surface area contributed by atoms with Crippen LogP contribution in [0.3, 0.4) is 0 Å². The number of carbonyl (C=O) groups is 2.